The van der Waals surface area contributed by atoms with E-state index in [4.69, 9.17) is 4.74 Å². The highest BCUT2D eigenvalue weighted by atomic mass is 16.5. The number of carbonyl (C=O) groups is 1. The minimum absolute atomic E-state index is 0.0188. The number of hydrogen-bond acceptors (Lipinski definition) is 4. The first-order chi connectivity index (χ1) is 11.8. The van der Waals surface area contributed by atoms with Gasteiger partial charge in [0.2, 0.25) is 0 Å². The first-order valence-corrected chi connectivity index (χ1v) is 10.1. The first kappa shape index (κ1) is 17.8. The molecule has 0 aromatic carbocycles. The van der Waals surface area contributed by atoms with Crippen molar-refractivity contribution >= 4 is 5.97 Å². The fourth-order valence-corrected chi connectivity index (χ4v) is 4.43. The Morgan fingerprint density at radius 1 is 1.12 bits per heavy atom. The molecule has 136 valence electrons. The summed E-state index contributed by atoms with van der Waals surface area (Å²) in [6, 6.07) is 0.747. The number of carbonyl (C=O) groups excluding carboxylic acids is 1. The normalized spacial score (nSPS) is 32.4. The zero-order valence-corrected chi connectivity index (χ0v) is 15.3. The van der Waals surface area contributed by atoms with Gasteiger partial charge in [-0.2, -0.15) is 0 Å². The number of hydrogen-bond donors (Lipinski definition) is 0. The second kappa shape index (κ2) is 8.37. The third-order valence-corrected chi connectivity index (χ3v) is 6.04. The van der Waals surface area contributed by atoms with Crippen molar-refractivity contribution in [1.29, 1.82) is 0 Å². The third-order valence-electron chi connectivity index (χ3n) is 6.04. The Kier molecular flexibility index (Phi) is 6.20. The van der Waals surface area contributed by atoms with E-state index in [0.29, 0.717) is 6.61 Å². The summed E-state index contributed by atoms with van der Waals surface area (Å²) >= 11 is 0. The lowest BCUT2D eigenvalue weighted by Gasteiger charge is -2.26. The molecule has 3 aliphatic heterocycles. The largest absolute Gasteiger partial charge is 0.464 e. The number of ether oxygens (including phenoxy) is 1. The van der Waals surface area contributed by atoms with Gasteiger partial charge in [0.15, 0.2) is 5.54 Å². The minimum Gasteiger partial charge on any atom is -0.464 e. The highest BCUT2D eigenvalue weighted by molar-refractivity contribution is 5.85. The van der Waals surface area contributed by atoms with Crippen molar-refractivity contribution in [3.63, 3.8) is 0 Å². The molecule has 0 amide bonds. The smallest absolute Gasteiger partial charge is 0.333 e. The van der Waals surface area contributed by atoms with Crippen LogP contribution in [0.1, 0.15) is 71.1 Å². The van der Waals surface area contributed by atoms with Crippen molar-refractivity contribution in [2.45, 2.75) is 82.7 Å². The summed E-state index contributed by atoms with van der Waals surface area (Å²) in [6.45, 7) is 5.46. The van der Waals surface area contributed by atoms with Crippen LogP contribution in [0, 0.1) is 0 Å². The molecule has 2 saturated heterocycles. The fraction of sp³-hybridized carbons (Fsp3) is 0.850. The molecule has 3 rings (SSSR count). The molecule has 2 atom stereocenters. The molecule has 0 N–H and O–H groups in total. The maximum atomic E-state index is 12.5. The Hall–Kier alpha value is -1.03. The van der Waals surface area contributed by atoms with Crippen LogP contribution in [0.25, 0.3) is 0 Å². The van der Waals surface area contributed by atoms with Gasteiger partial charge in [-0.1, -0.05) is 31.8 Å². The summed E-state index contributed by atoms with van der Waals surface area (Å²) < 4.78 is 5.39. The fourth-order valence-electron chi connectivity index (χ4n) is 4.43. The molecule has 2 fully saturated rings. The van der Waals surface area contributed by atoms with Crippen LogP contribution in [-0.2, 0) is 9.53 Å². The van der Waals surface area contributed by atoms with E-state index >= 15 is 0 Å². The quantitative estimate of drug-likeness (QED) is 0.569. The van der Waals surface area contributed by atoms with E-state index in [9.17, 15) is 4.79 Å². The van der Waals surface area contributed by atoms with Crippen LogP contribution in [0.3, 0.4) is 0 Å². The van der Waals surface area contributed by atoms with Crippen LogP contribution in [-0.4, -0.2) is 53.6 Å². The maximum Gasteiger partial charge on any atom is 0.333 e. The predicted octanol–water partition coefficient (Wildman–Crippen LogP) is 3.72. The van der Waals surface area contributed by atoms with Gasteiger partial charge in [-0.15, -0.1) is 0 Å². The molecule has 0 spiro atoms. The number of nitrogens with zero attached hydrogens (tertiary/aromatic N) is 2. The van der Waals surface area contributed by atoms with Gasteiger partial charge in [-0.3, -0.25) is 0 Å². The molecule has 0 aromatic rings. The van der Waals surface area contributed by atoms with E-state index in [-0.39, 0.29) is 11.5 Å². The van der Waals surface area contributed by atoms with E-state index in [1.54, 1.807) is 0 Å². The van der Waals surface area contributed by atoms with Gasteiger partial charge in [0.1, 0.15) is 0 Å². The first-order valence-electron chi connectivity index (χ1n) is 10.1. The van der Waals surface area contributed by atoms with Gasteiger partial charge in [0.05, 0.1) is 13.2 Å². The molecule has 24 heavy (non-hydrogen) atoms. The molecule has 0 radical (unpaired) electrons. The van der Waals surface area contributed by atoms with Crippen molar-refractivity contribution in [2.24, 2.45) is 0 Å². The number of rotatable bonds is 2. The highest BCUT2D eigenvalue weighted by Crippen LogP contribution is 2.39. The Balaban J connectivity index is 1.66. The van der Waals surface area contributed by atoms with Crippen LogP contribution in [0.2, 0.25) is 0 Å². The van der Waals surface area contributed by atoms with Crippen molar-refractivity contribution in [3.8, 4) is 0 Å². The Morgan fingerprint density at radius 3 is 2.79 bits per heavy atom. The van der Waals surface area contributed by atoms with Crippen molar-refractivity contribution in [1.82, 2.24) is 9.80 Å². The minimum atomic E-state index is -0.375. The number of allylic oxidation sites excluding steroid dienone is 1. The topological polar surface area (TPSA) is 32.5 Å². The van der Waals surface area contributed by atoms with Crippen LogP contribution in [0.4, 0.5) is 0 Å². The van der Waals surface area contributed by atoms with Crippen molar-refractivity contribution < 1.29 is 9.53 Å². The summed E-state index contributed by atoms with van der Waals surface area (Å²) in [7, 11) is 0. The lowest BCUT2D eigenvalue weighted by Crippen LogP contribution is -2.38. The summed E-state index contributed by atoms with van der Waals surface area (Å²) in [5.74, 6) is -0.0188. The molecule has 3 aliphatic rings. The molecular weight excluding hydrogens is 300 g/mol. The second-order valence-electron chi connectivity index (χ2n) is 7.69. The Bertz CT molecular complexity index is 451. The van der Waals surface area contributed by atoms with Crippen molar-refractivity contribution in [2.75, 3.05) is 26.2 Å². The van der Waals surface area contributed by atoms with Gasteiger partial charge in [0, 0.05) is 12.6 Å². The number of fused-ring (bicyclic) bond motifs is 2. The SMILES string of the molecule is CCOC(=O)C12CCN3CCCC3CCCCCCCC=CN1C2. The zero-order chi connectivity index (χ0) is 16.8. The van der Waals surface area contributed by atoms with Gasteiger partial charge in [0.25, 0.3) is 0 Å². The molecule has 0 aliphatic carbocycles. The van der Waals surface area contributed by atoms with E-state index in [2.05, 4.69) is 22.1 Å². The summed E-state index contributed by atoms with van der Waals surface area (Å²) in [5, 5.41) is 0. The van der Waals surface area contributed by atoms with Crippen LogP contribution in [0.5, 0.6) is 0 Å². The molecule has 4 nitrogen and oxygen atoms in total. The van der Waals surface area contributed by atoms with Crippen LogP contribution >= 0.6 is 0 Å². The Morgan fingerprint density at radius 2 is 1.92 bits per heavy atom. The molecule has 2 unspecified atom stereocenters. The summed E-state index contributed by atoms with van der Waals surface area (Å²) in [4.78, 5) is 17.4. The summed E-state index contributed by atoms with van der Waals surface area (Å²) in [5.41, 5.74) is -0.375. The molecular formula is C20H34N2O2. The van der Waals surface area contributed by atoms with E-state index in [1.165, 1.54) is 57.9 Å². The van der Waals surface area contributed by atoms with Gasteiger partial charge in [-0.25, -0.2) is 4.79 Å². The highest BCUT2D eigenvalue weighted by Gasteiger charge is 2.57. The number of esters is 1. The molecule has 3 heterocycles. The summed E-state index contributed by atoms with van der Waals surface area (Å²) in [6.07, 6.45) is 17.2. The van der Waals surface area contributed by atoms with E-state index in [0.717, 1.165) is 32.0 Å². The zero-order valence-electron chi connectivity index (χ0n) is 15.3. The standard InChI is InChI=1S/C20H34N2O2/c1-2-24-19(23)20-13-16-21-14-10-12-18(21)11-8-6-4-3-5-7-9-15-22(20)17-20/h9,15,18H,2-8,10-14,16-17H2,1H3. The van der Waals surface area contributed by atoms with Gasteiger partial charge in [-0.05, 0) is 58.2 Å². The van der Waals surface area contributed by atoms with E-state index < -0.39 is 0 Å². The molecule has 0 saturated carbocycles. The molecule has 0 aromatic heterocycles. The lowest BCUT2D eigenvalue weighted by atomic mass is 10.0. The average molecular weight is 335 g/mol. The third kappa shape index (κ3) is 4.14. The Labute approximate surface area is 147 Å². The van der Waals surface area contributed by atoms with Crippen LogP contribution < -0.4 is 0 Å². The predicted molar refractivity (Wildman–Crippen MR) is 96.7 cm³/mol. The maximum absolute atomic E-state index is 12.5. The molecule has 0 bridgehead atoms. The van der Waals surface area contributed by atoms with Gasteiger partial charge < -0.3 is 14.5 Å². The van der Waals surface area contributed by atoms with Crippen molar-refractivity contribution in [3.05, 3.63) is 12.3 Å². The second-order valence-corrected chi connectivity index (χ2v) is 7.69. The monoisotopic (exact) mass is 334 g/mol. The van der Waals surface area contributed by atoms with E-state index in [1.807, 2.05) is 6.92 Å². The average Bonchev–Trinajstić information content (AvgIpc) is 3.11. The van der Waals surface area contributed by atoms with Crippen LogP contribution in [0.15, 0.2) is 12.3 Å². The van der Waals surface area contributed by atoms with Gasteiger partial charge >= 0.3 is 5.97 Å². The molecule has 4 heteroatoms. The lowest BCUT2D eigenvalue weighted by molar-refractivity contribution is -0.147.